The van der Waals surface area contributed by atoms with Gasteiger partial charge in [-0.15, -0.1) is 0 Å². The molecule has 290 valence electrons. The van der Waals surface area contributed by atoms with Gasteiger partial charge >= 0.3 is 0 Å². The van der Waals surface area contributed by atoms with Crippen molar-refractivity contribution >= 4 is 52.6 Å². The molecule has 2 aromatic carbocycles. The number of rotatable bonds is 8. The molecule has 4 fully saturated rings. The second-order valence-corrected chi connectivity index (χ2v) is 15.4. The highest BCUT2D eigenvalue weighted by Crippen LogP contribution is 2.32. The fraction of sp³-hybridized carbons (Fsp3) is 0.450. The number of aromatic nitrogens is 2. The number of nitrogens with one attached hydrogen (secondary N) is 2. The monoisotopic (exact) mass is 779 g/mol. The highest BCUT2D eigenvalue weighted by Gasteiger charge is 2.45. The number of halogens is 1. The van der Waals surface area contributed by atoms with E-state index < -0.39 is 29.7 Å². The number of nitriles is 1. The highest BCUT2D eigenvalue weighted by molar-refractivity contribution is 6.31. The van der Waals surface area contributed by atoms with Gasteiger partial charge in [0, 0.05) is 69.5 Å². The molecule has 0 bridgehead atoms. The lowest BCUT2D eigenvalue weighted by molar-refractivity contribution is -0.136. The molecule has 4 aliphatic heterocycles. The predicted octanol–water partition coefficient (Wildman–Crippen LogP) is 3.31. The lowest BCUT2D eigenvalue weighted by Gasteiger charge is -2.43. The summed E-state index contributed by atoms with van der Waals surface area (Å²) in [4.78, 5) is 80.5. The van der Waals surface area contributed by atoms with Crippen LogP contribution in [0.25, 0.3) is 0 Å². The summed E-state index contributed by atoms with van der Waals surface area (Å²) in [6.45, 7) is 4.93. The third-order valence-electron chi connectivity index (χ3n) is 11.7. The van der Waals surface area contributed by atoms with Crippen LogP contribution in [-0.2, 0) is 9.59 Å². The van der Waals surface area contributed by atoms with E-state index in [1.54, 1.807) is 42.7 Å². The first-order valence-corrected chi connectivity index (χ1v) is 19.6. The number of benzene rings is 2. The van der Waals surface area contributed by atoms with E-state index in [9.17, 15) is 24.0 Å². The first-order chi connectivity index (χ1) is 27.1. The summed E-state index contributed by atoms with van der Waals surface area (Å²) >= 11 is 6.14. The van der Waals surface area contributed by atoms with Crippen molar-refractivity contribution in [2.75, 3.05) is 49.1 Å². The molecule has 2 N–H and O–H groups in total. The summed E-state index contributed by atoms with van der Waals surface area (Å²) in [5.41, 5.74) is 2.14. The molecule has 0 radical (unpaired) electrons. The second kappa shape index (κ2) is 15.9. The first kappa shape index (κ1) is 37.3. The number of hydrogen-bond donors (Lipinski definition) is 2. The number of carbonyl (C=O) groups excluding carboxylic acids is 5. The van der Waals surface area contributed by atoms with E-state index in [1.807, 2.05) is 12.1 Å². The van der Waals surface area contributed by atoms with Crippen molar-refractivity contribution in [3.05, 3.63) is 76.2 Å². The van der Waals surface area contributed by atoms with Gasteiger partial charge in [-0.05, 0) is 75.3 Å². The van der Waals surface area contributed by atoms with Gasteiger partial charge in [-0.3, -0.25) is 39.1 Å². The number of amides is 5. The van der Waals surface area contributed by atoms with Crippen molar-refractivity contribution in [2.24, 2.45) is 0 Å². The minimum Gasteiger partial charge on any atom is -0.490 e. The van der Waals surface area contributed by atoms with Crippen LogP contribution in [-0.4, -0.2) is 113 Å². The molecule has 3 saturated heterocycles. The van der Waals surface area contributed by atoms with Crippen LogP contribution in [0, 0.1) is 11.3 Å². The SMILES string of the molecule is N#Cc1ccc(O[C@H]2CC[C@H](NC(=O)c3cnc(N4CCC(N5CCN(c6ccc7c(c6)C(=O)N(C6CCC(=O)NC6=O)C7=O)CC5)CC4)cn3)CC2)cc1Cl. The maximum absolute atomic E-state index is 13.3. The number of piperazine rings is 1. The number of nitrogens with zero attached hydrogens (tertiary/aromatic N) is 7. The molecule has 5 amide bonds. The smallest absolute Gasteiger partial charge is 0.271 e. The van der Waals surface area contributed by atoms with Crippen LogP contribution in [0.4, 0.5) is 11.5 Å². The fourth-order valence-corrected chi connectivity index (χ4v) is 8.71. The van der Waals surface area contributed by atoms with Gasteiger partial charge in [0.05, 0.1) is 40.2 Å². The van der Waals surface area contributed by atoms with E-state index in [0.29, 0.717) is 27.9 Å². The van der Waals surface area contributed by atoms with Crippen molar-refractivity contribution in [2.45, 2.75) is 75.6 Å². The standard InChI is InChI=1S/C40H42ClN9O6/c41-32-20-29(5-1-24(32)21-42)56-28-6-2-25(3-7-28)45-37(52)33-22-44-35(23-43-33)49-13-11-26(12-14-49)47-15-17-48(18-16-47)27-4-8-30-31(19-27)40(55)50(39(30)54)34-9-10-36(51)46-38(34)53/h1,4-5,8,19-20,22-23,25-26,28,34H,2-3,6-7,9-18H2,(H,45,52)(H,46,51,53)/t25-,28-,34?. The molecule has 16 heteroatoms. The van der Waals surface area contributed by atoms with Gasteiger partial charge in [0.2, 0.25) is 11.8 Å². The Kier molecular flexibility index (Phi) is 10.6. The third-order valence-corrected chi connectivity index (χ3v) is 12.0. The molecular weight excluding hydrogens is 738 g/mol. The van der Waals surface area contributed by atoms with Gasteiger partial charge in [0.25, 0.3) is 17.7 Å². The zero-order valence-electron chi connectivity index (χ0n) is 30.8. The molecule has 1 atom stereocenters. The molecule has 5 heterocycles. The second-order valence-electron chi connectivity index (χ2n) is 15.0. The maximum Gasteiger partial charge on any atom is 0.271 e. The summed E-state index contributed by atoms with van der Waals surface area (Å²) in [5.74, 6) is -0.856. The molecule has 1 aliphatic carbocycles. The molecule has 3 aromatic rings. The highest BCUT2D eigenvalue weighted by atomic mass is 35.5. The molecule has 5 aliphatic rings. The largest absolute Gasteiger partial charge is 0.490 e. The summed E-state index contributed by atoms with van der Waals surface area (Å²) in [6, 6.07) is 11.9. The third kappa shape index (κ3) is 7.63. The number of anilines is 2. The van der Waals surface area contributed by atoms with Gasteiger partial charge < -0.3 is 19.9 Å². The molecule has 1 unspecified atom stereocenters. The number of imide groups is 2. The molecular formula is C40H42ClN9O6. The molecule has 0 spiro atoms. The van der Waals surface area contributed by atoms with Crippen LogP contribution in [0.5, 0.6) is 5.75 Å². The summed E-state index contributed by atoms with van der Waals surface area (Å²) in [7, 11) is 0. The van der Waals surface area contributed by atoms with Gasteiger partial charge in [-0.2, -0.15) is 5.26 Å². The summed E-state index contributed by atoms with van der Waals surface area (Å²) in [6.07, 6.45) is 8.53. The van der Waals surface area contributed by atoms with Crippen LogP contribution in [0.2, 0.25) is 5.02 Å². The average molecular weight is 780 g/mol. The van der Waals surface area contributed by atoms with Crippen LogP contribution < -0.4 is 25.2 Å². The Morgan fingerprint density at radius 1 is 0.839 bits per heavy atom. The number of fused-ring (bicyclic) bond motifs is 1. The van der Waals surface area contributed by atoms with Gasteiger partial charge in [-0.1, -0.05) is 11.6 Å². The molecule has 56 heavy (non-hydrogen) atoms. The Morgan fingerprint density at radius 3 is 2.27 bits per heavy atom. The minimum absolute atomic E-state index is 0.0144. The van der Waals surface area contributed by atoms with Gasteiger partial charge in [0.1, 0.15) is 29.4 Å². The number of hydrogen-bond acceptors (Lipinski definition) is 12. The molecule has 1 saturated carbocycles. The van der Waals surface area contributed by atoms with E-state index in [2.05, 4.69) is 35.3 Å². The van der Waals surface area contributed by atoms with Crippen LogP contribution in [0.3, 0.4) is 0 Å². The number of carbonyl (C=O) groups is 5. The normalized spacial score (nSPS) is 23.4. The Labute approximate surface area is 328 Å². The van der Waals surface area contributed by atoms with Crippen molar-refractivity contribution in [1.82, 2.24) is 30.4 Å². The Morgan fingerprint density at radius 2 is 1.59 bits per heavy atom. The first-order valence-electron chi connectivity index (χ1n) is 19.2. The van der Waals surface area contributed by atoms with E-state index in [4.69, 9.17) is 21.6 Å². The summed E-state index contributed by atoms with van der Waals surface area (Å²) in [5, 5.41) is 14.8. The van der Waals surface area contributed by atoms with Crippen LogP contribution in [0.15, 0.2) is 48.8 Å². The maximum atomic E-state index is 13.3. The molecule has 15 nitrogen and oxygen atoms in total. The van der Waals surface area contributed by atoms with E-state index in [1.165, 1.54) is 0 Å². The lowest BCUT2D eigenvalue weighted by atomic mass is 9.93. The summed E-state index contributed by atoms with van der Waals surface area (Å²) < 4.78 is 6.07. The van der Waals surface area contributed by atoms with Crippen molar-refractivity contribution in [1.29, 1.82) is 5.26 Å². The van der Waals surface area contributed by atoms with Gasteiger partial charge in [0.15, 0.2) is 0 Å². The van der Waals surface area contributed by atoms with Crippen LogP contribution in [0.1, 0.15) is 88.1 Å². The van der Waals surface area contributed by atoms with Crippen LogP contribution >= 0.6 is 11.6 Å². The topological polar surface area (TPSA) is 181 Å². The van der Waals surface area contributed by atoms with E-state index in [-0.39, 0.29) is 42.2 Å². The Balaban J connectivity index is 0.772. The van der Waals surface area contributed by atoms with Gasteiger partial charge in [-0.25, -0.2) is 9.97 Å². The number of ether oxygens (including phenoxy) is 1. The quantitative estimate of drug-likeness (QED) is 0.319. The van der Waals surface area contributed by atoms with E-state index in [0.717, 1.165) is 94.2 Å². The zero-order valence-corrected chi connectivity index (χ0v) is 31.5. The van der Waals surface area contributed by atoms with Crippen molar-refractivity contribution < 1.29 is 28.7 Å². The minimum atomic E-state index is -0.982. The lowest BCUT2D eigenvalue weighted by Crippen LogP contribution is -2.54. The fourth-order valence-electron chi connectivity index (χ4n) is 8.50. The Hall–Kier alpha value is -5.59. The average Bonchev–Trinajstić information content (AvgIpc) is 3.46. The van der Waals surface area contributed by atoms with E-state index >= 15 is 0 Å². The van der Waals surface area contributed by atoms with Crippen molar-refractivity contribution in [3.8, 4) is 11.8 Å². The molecule has 1 aromatic heterocycles. The van der Waals surface area contributed by atoms with Crippen molar-refractivity contribution in [3.63, 3.8) is 0 Å². The zero-order chi connectivity index (χ0) is 38.9. The molecule has 8 rings (SSSR count). The Bertz CT molecular complexity index is 2080. The predicted molar refractivity (Wildman–Crippen MR) is 204 cm³/mol. The number of piperidine rings is 2.